The topological polar surface area (TPSA) is 12.9 Å². The zero-order valence-corrected chi connectivity index (χ0v) is 9.01. The highest BCUT2D eigenvalue weighted by Gasteiger charge is 2.37. The van der Waals surface area contributed by atoms with Crippen LogP contribution in [0.1, 0.15) is 47.6 Å². The quantitative estimate of drug-likeness (QED) is 0.608. The first-order chi connectivity index (χ1) is 6.77. The van der Waals surface area contributed by atoms with Crippen LogP contribution in [-0.4, -0.2) is 4.98 Å². The molecule has 0 aliphatic heterocycles. The number of pyridine rings is 1. The number of hydrogen-bond acceptors (Lipinski definition) is 1. The molecule has 1 heterocycles. The molecule has 0 amide bonds. The molecule has 1 fully saturated rings. The van der Waals surface area contributed by atoms with Crippen molar-refractivity contribution in [3.05, 3.63) is 28.6 Å². The van der Waals surface area contributed by atoms with Crippen LogP contribution in [-0.2, 0) is 6.42 Å². The highest BCUT2D eigenvalue weighted by Crippen LogP contribution is 2.49. The number of nitrogens with zero attached hydrogens (tertiary/aromatic N) is 1. The van der Waals surface area contributed by atoms with Gasteiger partial charge in [0.2, 0.25) is 0 Å². The molecule has 0 N–H and O–H groups in total. The van der Waals surface area contributed by atoms with Gasteiger partial charge in [-0.05, 0) is 61.6 Å². The lowest BCUT2D eigenvalue weighted by atomic mass is 9.94. The lowest BCUT2D eigenvalue weighted by Crippen LogP contribution is -1.99. The first kappa shape index (κ1) is 8.46. The van der Waals surface area contributed by atoms with E-state index in [1.54, 1.807) is 11.1 Å². The van der Waals surface area contributed by atoms with Gasteiger partial charge >= 0.3 is 0 Å². The molecule has 0 radical (unpaired) electrons. The summed E-state index contributed by atoms with van der Waals surface area (Å²) in [6.45, 7) is 4.39. The Bertz CT molecular complexity index is 381. The van der Waals surface area contributed by atoms with Gasteiger partial charge in [0.1, 0.15) is 0 Å². The molecule has 1 aromatic rings. The van der Waals surface area contributed by atoms with Crippen LogP contribution in [0.2, 0.25) is 0 Å². The Hall–Kier alpha value is -0.850. The van der Waals surface area contributed by atoms with E-state index < -0.39 is 0 Å². The van der Waals surface area contributed by atoms with Crippen LogP contribution in [0, 0.1) is 19.8 Å². The van der Waals surface area contributed by atoms with Crippen molar-refractivity contribution in [2.45, 2.75) is 45.4 Å². The molecule has 1 saturated carbocycles. The van der Waals surface area contributed by atoms with Gasteiger partial charge < -0.3 is 0 Å². The third-order valence-corrected chi connectivity index (χ3v) is 4.13. The van der Waals surface area contributed by atoms with Gasteiger partial charge in [-0.15, -0.1) is 0 Å². The summed E-state index contributed by atoms with van der Waals surface area (Å²) in [7, 11) is 0. The fourth-order valence-corrected chi connectivity index (χ4v) is 3.47. The first-order valence-corrected chi connectivity index (χ1v) is 5.72. The van der Waals surface area contributed by atoms with Gasteiger partial charge in [0.25, 0.3) is 0 Å². The van der Waals surface area contributed by atoms with E-state index in [1.165, 1.54) is 36.9 Å². The van der Waals surface area contributed by atoms with Crippen LogP contribution in [0.3, 0.4) is 0 Å². The van der Waals surface area contributed by atoms with Crippen molar-refractivity contribution < 1.29 is 0 Å². The zero-order valence-electron chi connectivity index (χ0n) is 9.01. The molecule has 1 heteroatoms. The Morgan fingerprint density at radius 3 is 3.00 bits per heavy atom. The van der Waals surface area contributed by atoms with E-state index in [2.05, 4.69) is 25.0 Å². The smallest absolute Gasteiger partial charge is 0.0407 e. The lowest BCUT2D eigenvalue weighted by molar-refractivity contribution is 0.526. The van der Waals surface area contributed by atoms with Gasteiger partial charge in [-0.2, -0.15) is 0 Å². The maximum Gasteiger partial charge on any atom is 0.0407 e. The van der Waals surface area contributed by atoms with Crippen molar-refractivity contribution in [2.24, 2.45) is 5.92 Å². The van der Waals surface area contributed by atoms with Crippen LogP contribution in [0.5, 0.6) is 0 Å². The molecule has 74 valence electrons. The molecule has 1 aromatic heterocycles. The van der Waals surface area contributed by atoms with Gasteiger partial charge in [-0.3, -0.25) is 4.98 Å². The van der Waals surface area contributed by atoms with E-state index in [-0.39, 0.29) is 0 Å². The molecule has 14 heavy (non-hydrogen) atoms. The van der Waals surface area contributed by atoms with Crippen LogP contribution in [0.4, 0.5) is 0 Å². The summed E-state index contributed by atoms with van der Waals surface area (Å²) in [5.41, 5.74) is 5.96. The van der Waals surface area contributed by atoms with Gasteiger partial charge in [0.05, 0.1) is 0 Å². The molecular weight excluding hydrogens is 170 g/mol. The summed E-state index contributed by atoms with van der Waals surface area (Å²) in [6.07, 6.45) is 7.67. The van der Waals surface area contributed by atoms with E-state index in [4.69, 9.17) is 0 Å². The molecule has 2 unspecified atom stereocenters. The highest BCUT2D eigenvalue weighted by atomic mass is 14.7. The van der Waals surface area contributed by atoms with Gasteiger partial charge in [-0.1, -0.05) is 6.42 Å². The fraction of sp³-hybridized carbons (Fsp3) is 0.615. The number of aromatic nitrogens is 1. The molecule has 0 aromatic carbocycles. The molecule has 0 saturated heterocycles. The van der Waals surface area contributed by atoms with Crippen LogP contribution < -0.4 is 0 Å². The van der Waals surface area contributed by atoms with Crippen molar-refractivity contribution in [2.75, 3.05) is 0 Å². The number of aryl methyl sites for hydroxylation is 2. The fourth-order valence-electron chi connectivity index (χ4n) is 3.47. The maximum atomic E-state index is 4.48. The second kappa shape index (κ2) is 2.82. The predicted molar refractivity (Wildman–Crippen MR) is 57.5 cm³/mol. The largest absolute Gasteiger partial charge is 0.261 e. The SMILES string of the molecule is Cc1cnc(C)c2c1C1CCCC1C2. The van der Waals surface area contributed by atoms with Gasteiger partial charge in [0, 0.05) is 11.9 Å². The summed E-state index contributed by atoms with van der Waals surface area (Å²) in [5.74, 6) is 1.83. The number of rotatable bonds is 0. The minimum Gasteiger partial charge on any atom is -0.261 e. The molecule has 0 spiro atoms. The van der Waals surface area contributed by atoms with E-state index in [0.717, 1.165) is 11.8 Å². The van der Waals surface area contributed by atoms with Crippen molar-refractivity contribution in [3.63, 3.8) is 0 Å². The second-order valence-electron chi connectivity index (χ2n) is 4.92. The minimum atomic E-state index is 0.881. The van der Waals surface area contributed by atoms with E-state index in [1.807, 2.05) is 0 Å². The van der Waals surface area contributed by atoms with Crippen molar-refractivity contribution in [3.8, 4) is 0 Å². The van der Waals surface area contributed by atoms with E-state index in [0.29, 0.717) is 0 Å². The van der Waals surface area contributed by atoms with Crippen molar-refractivity contribution in [1.82, 2.24) is 4.98 Å². The molecular formula is C13H17N. The number of hydrogen-bond donors (Lipinski definition) is 0. The second-order valence-corrected chi connectivity index (χ2v) is 4.92. The van der Waals surface area contributed by atoms with Crippen LogP contribution >= 0.6 is 0 Å². The average molecular weight is 187 g/mol. The summed E-state index contributed by atoms with van der Waals surface area (Å²) in [6, 6.07) is 0. The summed E-state index contributed by atoms with van der Waals surface area (Å²) < 4.78 is 0. The van der Waals surface area contributed by atoms with E-state index in [9.17, 15) is 0 Å². The third kappa shape index (κ3) is 0.985. The van der Waals surface area contributed by atoms with Crippen molar-refractivity contribution >= 4 is 0 Å². The molecule has 3 rings (SSSR count). The normalized spacial score (nSPS) is 29.0. The lowest BCUT2D eigenvalue weighted by Gasteiger charge is -2.12. The summed E-state index contributed by atoms with van der Waals surface area (Å²) in [5, 5.41) is 0. The Kier molecular flexibility index (Phi) is 1.70. The average Bonchev–Trinajstić information content (AvgIpc) is 2.70. The van der Waals surface area contributed by atoms with E-state index >= 15 is 0 Å². The van der Waals surface area contributed by atoms with Gasteiger partial charge in [0.15, 0.2) is 0 Å². The standard InChI is InChI=1S/C13H17N/c1-8-7-14-9(2)12-6-10-4-3-5-11(10)13(8)12/h7,10-11H,3-6H2,1-2H3. The molecule has 2 atom stereocenters. The molecule has 1 nitrogen and oxygen atoms in total. The number of fused-ring (bicyclic) bond motifs is 3. The summed E-state index contributed by atoms with van der Waals surface area (Å²) >= 11 is 0. The first-order valence-electron chi connectivity index (χ1n) is 5.72. The molecule has 2 aliphatic carbocycles. The van der Waals surface area contributed by atoms with Crippen LogP contribution in [0.15, 0.2) is 6.20 Å². The zero-order chi connectivity index (χ0) is 9.71. The minimum absolute atomic E-state index is 0.881. The summed E-state index contributed by atoms with van der Waals surface area (Å²) in [4.78, 5) is 4.48. The molecule has 0 bridgehead atoms. The Morgan fingerprint density at radius 1 is 1.29 bits per heavy atom. The highest BCUT2D eigenvalue weighted by molar-refractivity contribution is 5.43. The van der Waals surface area contributed by atoms with Crippen LogP contribution in [0.25, 0.3) is 0 Å². The Balaban J connectivity index is 2.18. The third-order valence-electron chi connectivity index (χ3n) is 4.13. The Morgan fingerprint density at radius 2 is 2.14 bits per heavy atom. The maximum absolute atomic E-state index is 4.48. The monoisotopic (exact) mass is 187 g/mol. The van der Waals surface area contributed by atoms with Gasteiger partial charge in [-0.25, -0.2) is 0 Å². The molecule has 2 aliphatic rings. The van der Waals surface area contributed by atoms with Crippen molar-refractivity contribution in [1.29, 1.82) is 0 Å². The predicted octanol–water partition coefficient (Wildman–Crippen LogP) is 3.14. The Labute approximate surface area is 85.6 Å².